The van der Waals surface area contributed by atoms with Crippen LogP contribution < -0.4 is 10.6 Å². The van der Waals surface area contributed by atoms with Crippen LogP contribution in [0.5, 0.6) is 0 Å². The minimum absolute atomic E-state index is 0.874. The van der Waals surface area contributed by atoms with Crippen LogP contribution in [0.15, 0.2) is 53.9 Å². The standard InChI is InChI=1S/C20H20N4S2/c1-2-15-13-25-20(22-15)23-16-9-7-14(8-10-16)11-12-21-19-24-17-5-3-4-6-18(17)26-19/h3-10,13H,2,11-12H2,1H3,(H,21,24)(H,22,23). The van der Waals surface area contributed by atoms with Crippen molar-refractivity contribution in [2.45, 2.75) is 19.8 Å². The second-order valence-corrected chi connectivity index (χ2v) is 7.87. The summed E-state index contributed by atoms with van der Waals surface area (Å²) in [6.07, 6.45) is 1.94. The minimum atomic E-state index is 0.874. The second kappa shape index (κ2) is 7.85. The lowest BCUT2D eigenvalue weighted by atomic mass is 10.1. The molecule has 6 heteroatoms. The molecule has 4 rings (SSSR count). The maximum atomic E-state index is 4.61. The highest BCUT2D eigenvalue weighted by Gasteiger charge is 2.03. The first kappa shape index (κ1) is 17.0. The summed E-state index contributed by atoms with van der Waals surface area (Å²) in [5.41, 5.74) is 4.57. The van der Waals surface area contributed by atoms with E-state index in [2.05, 4.69) is 75.4 Å². The molecule has 0 atom stereocenters. The Morgan fingerprint density at radius 3 is 2.58 bits per heavy atom. The van der Waals surface area contributed by atoms with E-state index in [0.29, 0.717) is 0 Å². The van der Waals surface area contributed by atoms with Crippen molar-refractivity contribution in [1.29, 1.82) is 0 Å². The van der Waals surface area contributed by atoms with Gasteiger partial charge in [-0.15, -0.1) is 11.3 Å². The third-order valence-corrected chi connectivity index (χ3v) is 5.90. The van der Waals surface area contributed by atoms with Crippen molar-refractivity contribution in [2.75, 3.05) is 17.2 Å². The molecule has 0 saturated carbocycles. The Balaban J connectivity index is 1.31. The number of aryl methyl sites for hydroxylation is 1. The molecule has 0 aliphatic heterocycles. The van der Waals surface area contributed by atoms with E-state index in [4.69, 9.17) is 0 Å². The van der Waals surface area contributed by atoms with Gasteiger partial charge in [-0.25, -0.2) is 9.97 Å². The topological polar surface area (TPSA) is 49.8 Å². The highest BCUT2D eigenvalue weighted by Crippen LogP contribution is 2.25. The van der Waals surface area contributed by atoms with Crippen LogP contribution in [0.4, 0.5) is 16.0 Å². The molecular formula is C20H20N4S2. The summed E-state index contributed by atoms with van der Waals surface area (Å²) in [6, 6.07) is 16.8. The van der Waals surface area contributed by atoms with Gasteiger partial charge in [-0.05, 0) is 42.7 Å². The van der Waals surface area contributed by atoms with Crippen molar-refractivity contribution in [2.24, 2.45) is 0 Å². The van der Waals surface area contributed by atoms with Gasteiger partial charge in [0.15, 0.2) is 10.3 Å². The molecule has 0 spiro atoms. The van der Waals surface area contributed by atoms with E-state index in [1.165, 1.54) is 10.3 Å². The quantitative estimate of drug-likeness (QED) is 0.431. The summed E-state index contributed by atoms with van der Waals surface area (Å²) in [6.45, 7) is 2.99. The van der Waals surface area contributed by atoms with Crippen LogP contribution >= 0.6 is 22.7 Å². The van der Waals surface area contributed by atoms with Crippen LogP contribution in [-0.4, -0.2) is 16.5 Å². The van der Waals surface area contributed by atoms with Crippen molar-refractivity contribution in [3.05, 3.63) is 65.2 Å². The van der Waals surface area contributed by atoms with Crippen molar-refractivity contribution in [3.63, 3.8) is 0 Å². The van der Waals surface area contributed by atoms with Crippen molar-refractivity contribution in [1.82, 2.24) is 9.97 Å². The Morgan fingerprint density at radius 2 is 1.81 bits per heavy atom. The molecule has 0 bridgehead atoms. The monoisotopic (exact) mass is 380 g/mol. The average molecular weight is 381 g/mol. The maximum absolute atomic E-state index is 4.61. The number of benzene rings is 2. The molecule has 0 radical (unpaired) electrons. The van der Waals surface area contributed by atoms with Gasteiger partial charge in [0.2, 0.25) is 0 Å². The van der Waals surface area contributed by atoms with Crippen LogP contribution in [0.1, 0.15) is 18.2 Å². The van der Waals surface area contributed by atoms with E-state index < -0.39 is 0 Å². The Bertz CT molecular complexity index is 955. The number of para-hydroxylation sites is 1. The van der Waals surface area contributed by atoms with Crippen molar-refractivity contribution >= 4 is 48.8 Å². The fraction of sp³-hybridized carbons (Fsp3) is 0.200. The molecule has 2 aromatic heterocycles. The van der Waals surface area contributed by atoms with Crippen LogP contribution in [0.25, 0.3) is 10.2 Å². The molecular weight excluding hydrogens is 360 g/mol. The SMILES string of the molecule is CCc1csc(Nc2ccc(CCNc3nc4ccccc4s3)cc2)n1. The molecule has 0 aliphatic rings. The van der Waals surface area contributed by atoms with Crippen molar-refractivity contribution in [3.8, 4) is 0 Å². The molecule has 132 valence electrons. The first-order chi connectivity index (χ1) is 12.8. The molecule has 0 unspecified atom stereocenters. The molecule has 26 heavy (non-hydrogen) atoms. The lowest BCUT2D eigenvalue weighted by molar-refractivity contribution is 1.02. The van der Waals surface area contributed by atoms with E-state index in [1.807, 2.05) is 6.07 Å². The zero-order valence-electron chi connectivity index (χ0n) is 14.5. The number of hydrogen-bond acceptors (Lipinski definition) is 6. The van der Waals surface area contributed by atoms with Gasteiger partial charge in [0, 0.05) is 17.6 Å². The number of rotatable bonds is 7. The molecule has 4 nitrogen and oxygen atoms in total. The molecule has 2 aromatic carbocycles. The second-order valence-electron chi connectivity index (χ2n) is 5.98. The fourth-order valence-corrected chi connectivity index (χ4v) is 4.37. The fourth-order valence-electron chi connectivity index (χ4n) is 2.67. The Kier molecular flexibility index (Phi) is 5.13. The van der Waals surface area contributed by atoms with Gasteiger partial charge >= 0.3 is 0 Å². The van der Waals surface area contributed by atoms with Gasteiger partial charge in [0.25, 0.3) is 0 Å². The first-order valence-corrected chi connectivity index (χ1v) is 10.4. The normalized spacial score (nSPS) is 11.0. The average Bonchev–Trinajstić information content (AvgIpc) is 3.29. The van der Waals surface area contributed by atoms with E-state index in [0.717, 1.165) is 46.5 Å². The van der Waals surface area contributed by atoms with Gasteiger partial charge in [-0.1, -0.05) is 42.5 Å². The zero-order valence-corrected chi connectivity index (χ0v) is 16.2. The molecule has 0 amide bonds. The Hall–Kier alpha value is -2.44. The number of thiazole rings is 2. The van der Waals surface area contributed by atoms with Crippen LogP contribution in [0.3, 0.4) is 0 Å². The summed E-state index contributed by atoms with van der Waals surface area (Å²) in [7, 11) is 0. The van der Waals surface area contributed by atoms with E-state index in [9.17, 15) is 0 Å². The smallest absolute Gasteiger partial charge is 0.187 e. The highest BCUT2D eigenvalue weighted by atomic mass is 32.1. The summed E-state index contributed by atoms with van der Waals surface area (Å²) in [5.74, 6) is 0. The summed E-state index contributed by atoms with van der Waals surface area (Å²) >= 11 is 3.35. The summed E-state index contributed by atoms with van der Waals surface area (Å²) in [4.78, 5) is 9.14. The van der Waals surface area contributed by atoms with Crippen LogP contribution in [0.2, 0.25) is 0 Å². The lowest BCUT2D eigenvalue weighted by Gasteiger charge is -2.06. The molecule has 0 fully saturated rings. The predicted molar refractivity (Wildman–Crippen MR) is 113 cm³/mol. The highest BCUT2D eigenvalue weighted by molar-refractivity contribution is 7.22. The zero-order chi connectivity index (χ0) is 17.8. The van der Waals surface area contributed by atoms with Gasteiger partial charge in [-0.2, -0.15) is 0 Å². The first-order valence-electron chi connectivity index (χ1n) is 8.70. The summed E-state index contributed by atoms with van der Waals surface area (Å²) < 4.78 is 1.22. The van der Waals surface area contributed by atoms with Gasteiger partial charge in [0.1, 0.15) is 0 Å². The van der Waals surface area contributed by atoms with Gasteiger partial charge < -0.3 is 10.6 Å². The van der Waals surface area contributed by atoms with E-state index in [-0.39, 0.29) is 0 Å². The predicted octanol–water partition coefficient (Wildman–Crippen LogP) is 5.71. The largest absolute Gasteiger partial charge is 0.361 e. The Labute approximate surface area is 161 Å². The van der Waals surface area contributed by atoms with E-state index in [1.54, 1.807) is 22.7 Å². The Morgan fingerprint density at radius 1 is 0.962 bits per heavy atom. The van der Waals surface area contributed by atoms with Crippen LogP contribution in [-0.2, 0) is 12.8 Å². The minimum Gasteiger partial charge on any atom is -0.361 e. The number of aromatic nitrogens is 2. The van der Waals surface area contributed by atoms with Crippen LogP contribution in [0, 0.1) is 0 Å². The molecule has 2 N–H and O–H groups in total. The van der Waals surface area contributed by atoms with Gasteiger partial charge in [0.05, 0.1) is 15.9 Å². The molecule has 2 heterocycles. The maximum Gasteiger partial charge on any atom is 0.187 e. The number of nitrogens with one attached hydrogen (secondary N) is 2. The number of fused-ring (bicyclic) bond motifs is 1. The molecule has 0 saturated heterocycles. The third kappa shape index (κ3) is 4.03. The van der Waals surface area contributed by atoms with E-state index >= 15 is 0 Å². The van der Waals surface area contributed by atoms with Gasteiger partial charge in [-0.3, -0.25) is 0 Å². The third-order valence-electron chi connectivity index (χ3n) is 4.10. The lowest BCUT2D eigenvalue weighted by Crippen LogP contribution is -2.04. The number of nitrogens with zero attached hydrogens (tertiary/aromatic N) is 2. The number of anilines is 3. The molecule has 4 aromatic rings. The number of hydrogen-bond donors (Lipinski definition) is 2. The summed E-state index contributed by atoms with van der Waals surface area (Å²) in [5, 5.41) is 10.8. The molecule has 0 aliphatic carbocycles. The van der Waals surface area contributed by atoms with Crippen molar-refractivity contribution < 1.29 is 0 Å².